The third kappa shape index (κ3) is 3.83. The van der Waals surface area contributed by atoms with Crippen molar-refractivity contribution >= 4 is 23.4 Å². The zero-order valence-corrected chi connectivity index (χ0v) is 15.7. The van der Waals surface area contributed by atoms with Gasteiger partial charge in [-0.05, 0) is 61.1 Å². The smallest absolute Gasteiger partial charge is 0.423 e. The molecule has 0 fully saturated rings. The van der Waals surface area contributed by atoms with Gasteiger partial charge in [-0.15, -0.1) is 0 Å². The van der Waals surface area contributed by atoms with Crippen molar-refractivity contribution in [1.82, 2.24) is 0 Å². The fraction of sp³-hybridized carbons (Fsp3) is 0.273. The summed E-state index contributed by atoms with van der Waals surface area (Å²) in [5, 5.41) is 23.0. The molecular weight excluding hydrogens is 323 g/mol. The van der Waals surface area contributed by atoms with Gasteiger partial charge in [-0.25, -0.2) is 0 Å². The monoisotopic (exact) mass is 348 g/mol. The minimum Gasteiger partial charge on any atom is -0.423 e. The van der Waals surface area contributed by atoms with Crippen LogP contribution in [0.3, 0.4) is 0 Å². The van der Waals surface area contributed by atoms with E-state index in [9.17, 15) is 10.1 Å². The molecule has 2 N–H and O–H groups in total. The van der Waals surface area contributed by atoms with E-state index < -0.39 is 18.3 Å². The van der Waals surface area contributed by atoms with Crippen LogP contribution in [0.25, 0.3) is 21.9 Å². The standard InChI is InChI=1S/C22H25BO3/c1-21(2,24)22(3,4)26-23(25)20-13-11-17(12-14-20)19-10-9-16-7-5-6-8-18(16)15-19/h5-15,24-25H,1-4H3. The molecule has 0 amide bonds. The Labute approximate surface area is 155 Å². The molecule has 0 saturated carbocycles. The Morgan fingerprint density at radius 2 is 1.35 bits per heavy atom. The van der Waals surface area contributed by atoms with Gasteiger partial charge in [0.15, 0.2) is 0 Å². The Bertz CT molecular complexity index is 895. The molecule has 0 aliphatic carbocycles. The lowest BCUT2D eigenvalue weighted by molar-refractivity contribution is -0.0982. The van der Waals surface area contributed by atoms with E-state index >= 15 is 0 Å². The first-order valence-corrected chi connectivity index (χ1v) is 8.85. The van der Waals surface area contributed by atoms with E-state index in [1.54, 1.807) is 27.7 Å². The van der Waals surface area contributed by atoms with Gasteiger partial charge >= 0.3 is 7.12 Å². The van der Waals surface area contributed by atoms with Crippen molar-refractivity contribution in [3.63, 3.8) is 0 Å². The topological polar surface area (TPSA) is 49.7 Å². The number of rotatable bonds is 5. The summed E-state index contributed by atoms with van der Waals surface area (Å²) in [7, 11) is -1.10. The molecular formula is C22H25BO3. The molecule has 3 rings (SSSR count). The molecule has 0 heterocycles. The fourth-order valence-corrected chi connectivity index (χ4v) is 2.70. The molecule has 3 aromatic rings. The Balaban J connectivity index is 1.81. The van der Waals surface area contributed by atoms with Gasteiger partial charge < -0.3 is 14.8 Å². The first kappa shape index (κ1) is 18.6. The normalized spacial score (nSPS) is 12.4. The molecule has 0 bridgehead atoms. The van der Waals surface area contributed by atoms with E-state index in [2.05, 4.69) is 30.3 Å². The molecule has 3 nitrogen and oxygen atoms in total. The van der Waals surface area contributed by atoms with Gasteiger partial charge in [-0.1, -0.05) is 60.7 Å². The Kier molecular flexibility index (Phi) is 4.93. The Morgan fingerprint density at radius 1 is 0.769 bits per heavy atom. The maximum atomic E-state index is 10.4. The second-order valence-corrected chi connectivity index (χ2v) is 7.72. The molecule has 134 valence electrons. The Hall–Kier alpha value is -2.14. The highest BCUT2D eigenvalue weighted by atomic mass is 16.5. The van der Waals surface area contributed by atoms with Crippen molar-refractivity contribution in [2.75, 3.05) is 0 Å². The summed E-state index contributed by atoms with van der Waals surface area (Å²) < 4.78 is 5.70. The van der Waals surface area contributed by atoms with E-state index in [4.69, 9.17) is 4.65 Å². The highest BCUT2D eigenvalue weighted by Crippen LogP contribution is 2.26. The summed E-state index contributed by atoms with van der Waals surface area (Å²) >= 11 is 0. The van der Waals surface area contributed by atoms with Crippen molar-refractivity contribution in [2.45, 2.75) is 38.9 Å². The average Bonchev–Trinajstić information content (AvgIpc) is 2.60. The number of benzene rings is 3. The molecule has 0 unspecified atom stereocenters. The van der Waals surface area contributed by atoms with E-state index in [1.807, 2.05) is 36.4 Å². The first-order valence-electron chi connectivity index (χ1n) is 8.85. The van der Waals surface area contributed by atoms with Crippen LogP contribution in [0.1, 0.15) is 27.7 Å². The van der Waals surface area contributed by atoms with Gasteiger partial charge in [0.1, 0.15) is 0 Å². The van der Waals surface area contributed by atoms with Crippen molar-refractivity contribution in [3.8, 4) is 11.1 Å². The molecule has 0 aliphatic heterocycles. The number of hydrogen-bond donors (Lipinski definition) is 2. The summed E-state index contributed by atoms with van der Waals surface area (Å²) in [6.45, 7) is 6.87. The van der Waals surface area contributed by atoms with Crippen molar-refractivity contribution < 1.29 is 14.8 Å². The summed E-state index contributed by atoms with van der Waals surface area (Å²) in [6.07, 6.45) is 0. The zero-order valence-electron chi connectivity index (χ0n) is 15.7. The molecule has 0 spiro atoms. The van der Waals surface area contributed by atoms with E-state index in [0.717, 1.165) is 11.1 Å². The Morgan fingerprint density at radius 3 is 1.96 bits per heavy atom. The van der Waals surface area contributed by atoms with Crippen molar-refractivity contribution in [3.05, 3.63) is 66.7 Å². The van der Waals surface area contributed by atoms with Crippen LogP contribution >= 0.6 is 0 Å². The molecule has 26 heavy (non-hydrogen) atoms. The molecule has 4 heteroatoms. The second-order valence-electron chi connectivity index (χ2n) is 7.72. The van der Waals surface area contributed by atoms with Crippen LogP contribution in [0.15, 0.2) is 66.7 Å². The number of fused-ring (bicyclic) bond motifs is 1. The summed E-state index contributed by atoms with van der Waals surface area (Å²) in [6, 6.07) is 22.3. The molecule has 0 radical (unpaired) electrons. The molecule has 0 aliphatic rings. The van der Waals surface area contributed by atoms with Crippen LogP contribution in [0.2, 0.25) is 0 Å². The summed E-state index contributed by atoms with van der Waals surface area (Å²) in [5.41, 5.74) is 0.908. The van der Waals surface area contributed by atoms with Crippen LogP contribution in [-0.2, 0) is 4.65 Å². The number of hydrogen-bond acceptors (Lipinski definition) is 3. The van der Waals surface area contributed by atoms with Crippen LogP contribution < -0.4 is 5.46 Å². The first-order chi connectivity index (χ1) is 12.2. The third-order valence-corrected chi connectivity index (χ3v) is 5.16. The molecule has 3 aromatic carbocycles. The molecule has 0 aromatic heterocycles. The maximum absolute atomic E-state index is 10.4. The highest BCUT2D eigenvalue weighted by molar-refractivity contribution is 6.60. The largest absolute Gasteiger partial charge is 0.491 e. The van der Waals surface area contributed by atoms with Crippen LogP contribution in [0, 0.1) is 0 Å². The lowest BCUT2D eigenvalue weighted by Crippen LogP contribution is -2.53. The lowest BCUT2D eigenvalue weighted by atomic mass is 9.76. The van der Waals surface area contributed by atoms with Crippen LogP contribution in [-0.4, -0.2) is 28.5 Å². The predicted molar refractivity (Wildman–Crippen MR) is 108 cm³/mol. The van der Waals surface area contributed by atoms with E-state index in [0.29, 0.717) is 5.46 Å². The van der Waals surface area contributed by atoms with Crippen molar-refractivity contribution in [1.29, 1.82) is 0 Å². The van der Waals surface area contributed by atoms with Gasteiger partial charge in [0.25, 0.3) is 0 Å². The van der Waals surface area contributed by atoms with Gasteiger partial charge in [0, 0.05) is 0 Å². The van der Waals surface area contributed by atoms with E-state index in [-0.39, 0.29) is 0 Å². The minimum atomic E-state index is -1.10. The van der Waals surface area contributed by atoms with Gasteiger partial charge in [0.2, 0.25) is 0 Å². The van der Waals surface area contributed by atoms with Gasteiger partial charge in [-0.2, -0.15) is 0 Å². The zero-order chi connectivity index (χ0) is 18.9. The molecule has 0 atom stereocenters. The second kappa shape index (κ2) is 6.88. The third-order valence-electron chi connectivity index (χ3n) is 5.16. The minimum absolute atomic E-state index is 0.659. The number of aliphatic hydroxyl groups is 1. The average molecular weight is 348 g/mol. The highest BCUT2D eigenvalue weighted by Gasteiger charge is 2.39. The fourth-order valence-electron chi connectivity index (χ4n) is 2.70. The quantitative estimate of drug-likeness (QED) is 0.691. The SMILES string of the molecule is CC(C)(O)C(C)(C)OB(O)c1ccc(-c2ccc3ccccc3c2)cc1. The maximum Gasteiger partial charge on any atom is 0.491 e. The summed E-state index contributed by atoms with van der Waals surface area (Å²) in [5.74, 6) is 0. The molecule has 0 saturated heterocycles. The predicted octanol–water partition coefficient (Wildman–Crippen LogP) is 3.76. The summed E-state index contributed by atoms with van der Waals surface area (Å²) in [4.78, 5) is 0. The van der Waals surface area contributed by atoms with Gasteiger partial charge in [0.05, 0.1) is 11.2 Å². The lowest BCUT2D eigenvalue weighted by Gasteiger charge is -2.38. The van der Waals surface area contributed by atoms with Gasteiger partial charge in [-0.3, -0.25) is 0 Å². The van der Waals surface area contributed by atoms with Crippen LogP contribution in [0.4, 0.5) is 0 Å². The van der Waals surface area contributed by atoms with Crippen molar-refractivity contribution in [2.24, 2.45) is 0 Å². The van der Waals surface area contributed by atoms with E-state index in [1.165, 1.54) is 10.8 Å². The van der Waals surface area contributed by atoms with Crippen LogP contribution in [0.5, 0.6) is 0 Å².